The highest BCUT2D eigenvalue weighted by molar-refractivity contribution is 7.89. The van der Waals surface area contributed by atoms with Crippen molar-refractivity contribution < 1.29 is 13.2 Å². The number of hydrogen-bond donors (Lipinski definition) is 1. The number of rotatable bonds is 5. The summed E-state index contributed by atoms with van der Waals surface area (Å²) in [4.78, 5) is 15.5. The maximum Gasteiger partial charge on any atom is 0.228 e. The van der Waals surface area contributed by atoms with Gasteiger partial charge >= 0.3 is 0 Å². The van der Waals surface area contributed by atoms with Gasteiger partial charge < -0.3 is 4.90 Å². The van der Waals surface area contributed by atoms with Gasteiger partial charge in [-0.3, -0.25) is 10.2 Å². The number of fused-ring (bicyclic) bond motifs is 1. The van der Waals surface area contributed by atoms with Crippen molar-refractivity contribution in [1.29, 1.82) is 0 Å². The van der Waals surface area contributed by atoms with Crippen LogP contribution in [0.2, 0.25) is 0 Å². The summed E-state index contributed by atoms with van der Waals surface area (Å²) in [5, 5.41) is 2.34. The molecule has 1 saturated carbocycles. The second-order valence-corrected chi connectivity index (χ2v) is 14.1. The number of carbonyl (C=O) groups is 1. The van der Waals surface area contributed by atoms with Crippen LogP contribution in [0.5, 0.6) is 0 Å². The number of piperidine rings is 3. The molecule has 0 aromatic heterocycles. The number of hydrogen-bond acceptors (Lipinski definition) is 5. The lowest BCUT2D eigenvalue weighted by Gasteiger charge is -2.43. The lowest BCUT2D eigenvalue weighted by Crippen LogP contribution is -2.50. The van der Waals surface area contributed by atoms with Crippen LogP contribution in [-0.2, 0) is 14.8 Å². The monoisotopic (exact) mass is 494 g/mol. The minimum absolute atomic E-state index is 0.0761. The van der Waals surface area contributed by atoms with Crippen molar-refractivity contribution in [3.63, 3.8) is 0 Å². The first kappa shape index (κ1) is 25.0. The Bertz CT molecular complexity index is 799. The fraction of sp³-hybridized carbons (Fsp3) is 0.962. The van der Waals surface area contributed by atoms with Gasteiger partial charge in [-0.2, -0.15) is 0 Å². The Balaban J connectivity index is 1.13. The van der Waals surface area contributed by atoms with Crippen LogP contribution in [-0.4, -0.2) is 79.6 Å². The third kappa shape index (κ3) is 5.50. The summed E-state index contributed by atoms with van der Waals surface area (Å²) < 4.78 is 27.9. The molecule has 4 heterocycles. The zero-order valence-corrected chi connectivity index (χ0v) is 22.0. The Labute approximate surface area is 207 Å². The van der Waals surface area contributed by atoms with Crippen molar-refractivity contribution in [2.45, 2.75) is 83.6 Å². The molecule has 0 aromatic rings. The number of carbonyl (C=O) groups excluding carboxylic acids is 1. The Kier molecular flexibility index (Phi) is 7.88. The van der Waals surface area contributed by atoms with Crippen molar-refractivity contribution >= 4 is 15.9 Å². The number of likely N-dealkylation sites (tertiary alicyclic amines) is 1. The molecule has 34 heavy (non-hydrogen) atoms. The quantitative estimate of drug-likeness (QED) is 0.636. The molecule has 0 aromatic carbocycles. The van der Waals surface area contributed by atoms with E-state index in [1.54, 1.807) is 4.31 Å². The largest absolute Gasteiger partial charge is 0.342 e. The third-order valence-corrected chi connectivity index (χ3v) is 11.9. The van der Waals surface area contributed by atoms with E-state index in [1.807, 2.05) is 0 Å². The molecule has 3 atom stereocenters. The van der Waals surface area contributed by atoms with E-state index in [0.29, 0.717) is 48.5 Å². The molecule has 7 nitrogen and oxygen atoms in total. The second kappa shape index (κ2) is 10.7. The minimum Gasteiger partial charge on any atom is -0.342 e. The summed E-state index contributed by atoms with van der Waals surface area (Å²) in [6.45, 7) is 7.30. The molecule has 194 valence electrons. The first-order valence-electron chi connectivity index (χ1n) is 14.2. The van der Waals surface area contributed by atoms with Crippen LogP contribution in [0.1, 0.15) is 77.6 Å². The molecule has 8 heteroatoms. The number of amides is 1. The fourth-order valence-corrected chi connectivity index (χ4v) is 9.39. The molecule has 4 aliphatic heterocycles. The fourth-order valence-electron chi connectivity index (χ4n) is 7.48. The van der Waals surface area contributed by atoms with Crippen LogP contribution in [0.15, 0.2) is 0 Å². The topological polar surface area (TPSA) is 73.0 Å². The molecule has 1 amide bonds. The number of sulfonamides is 1. The van der Waals surface area contributed by atoms with Gasteiger partial charge in [0.2, 0.25) is 15.9 Å². The molecule has 0 spiro atoms. The number of hydrazine groups is 1. The van der Waals surface area contributed by atoms with Gasteiger partial charge in [0.1, 0.15) is 0 Å². The summed E-state index contributed by atoms with van der Waals surface area (Å²) in [7, 11) is -3.12. The molecule has 0 radical (unpaired) electrons. The SMILES string of the molecule is CC1CCN(C(=O)C2CNN3CCC(C4CCN(S(=O)(=O)CC5CCCCC5)CC4)CC23)CC1. The van der Waals surface area contributed by atoms with Crippen LogP contribution in [0.25, 0.3) is 0 Å². The lowest BCUT2D eigenvalue weighted by molar-refractivity contribution is -0.137. The van der Waals surface area contributed by atoms with Crippen LogP contribution in [0.3, 0.4) is 0 Å². The number of nitrogens with one attached hydrogen (secondary N) is 1. The zero-order chi connectivity index (χ0) is 23.7. The molecule has 5 rings (SSSR count). The normalized spacial score (nSPS) is 33.8. The molecule has 4 saturated heterocycles. The Morgan fingerprint density at radius 2 is 1.53 bits per heavy atom. The van der Waals surface area contributed by atoms with E-state index in [2.05, 4.69) is 22.3 Å². The van der Waals surface area contributed by atoms with E-state index in [-0.39, 0.29) is 5.92 Å². The average molecular weight is 495 g/mol. The summed E-state index contributed by atoms with van der Waals surface area (Å²) >= 11 is 0. The molecule has 5 fully saturated rings. The van der Waals surface area contributed by atoms with Gasteiger partial charge in [-0.1, -0.05) is 26.2 Å². The van der Waals surface area contributed by atoms with E-state index >= 15 is 0 Å². The van der Waals surface area contributed by atoms with Crippen molar-refractivity contribution in [2.75, 3.05) is 45.0 Å². The zero-order valence-electron chi connectivity index (χ0n) is 21.2. The lowest BCUT2D eigenvalue weighted by atomic mass is 9.75. The summed E-state index contributed by atoms with van der Waals surface area (Å²) in [6.07, 6.45) is 12.3. The highest BCUT2D eigenvalue weighted by Gasteiger charge is 2.45. The minimum atomic E-state index is -3.12. The van der Waals surface area contributed by atoms with Gasteiger partial charge in [-0.05, 0) is 75.0 Å². The van der Waals surface area contributed by atoms with Crippen LogP contribution < -0.4 is 5.43 Å². The van der Waals surface area contributed by atoms with Gasteiger partial charge in [-0.15, -0.1) is 0 Å². The van der Waals surface area contributed by atoms with E-state index in [1.165, 1.54) is 19.3 Å². The second-order valence-electron chi connectivity index (χ2n) is 12.0. The van der Waals surface area contributed by atoms with Crippen LogP contribution in [0, 0.1) is 29.6 Å². The molecule has 1 aliphatic carbocycles. The predicted octanol–water partition coefficient (Wildman–Crippen LogP) is 3.08. The Morgan fingerprint density at radius 3 is 2.24 bits per heavy atom. The van der Waals surface area contributed by atoms with Gasteiger partial charge in [0.25, 0.3) is 0 Å². The van der Waals surface area contributed by atoms with Crippen LogP contribution in [0.4, 0.5) is 0 Å². The molecule has 5 aliphatic rings. The molecular formula is C26H46N4O3S. The van der Waals surface area contributed by atoms with Crippen molar-refractivity contribution in [3.05, 3.63) is 0 Å². The molecule has 1 N–H and O–H groups in total. The Hall–Kier alpha value is -0.700. The maximum absolute atomic E-state index is 13.3. The van der Waals surface area contributed by atoms with Crippen molar-refractivity contribution in [1.82, 2.24) is 19.6 Å². The van der Waals surface area contributed by atoms with Crippen LogP contribution >= 0.6 is 0 Å². The van der Waals surface area contributed by atoms with Gasteiger partial charge in [-0.25, -0.2) is 17.7 Å². The first-order valence-corrected chi connectivity index (χ1v) is 15.8. The smallest absolute Gasteiger partial charge is 0.228 e. The van der Waals surface area contributed by atoms with Gasteiger partial charge in [0.05, 0.1) is 11.7 Å². The first-order chi connectivity index (χ1) is 16.4. The van der Waals surface area contributed by atoms with Crippen molar-refractivity contribution in [2.24, 2.45) is 29.6 Å². The standard InChI is InChI=1S/C26H46N4O3S/c1-20-7-12-28(13-8-20)26(31)24-18-27-30-16-11-23(17-25(24)30)22-9-14-29(15-10-22)34(32,33)19-21-5-3-2-4-6-21/h20-25,27H,2-19H2,1H3. The maximum atomic E-state index is 13.3. The molecule has 0 bridgehead atoms. The highest BCUT2D eigenvalue weighted by Crippen LogP contribution is 2.39. The van der Waals surface area contributed by atoms with Gasteiger partial charge in [0.15, 0.2) is 0 Å². The van der Waals surface area contributed by atoms with E-state index in [4.69, 9.17) is 0 Å². The molecule has 3 unspecified atom stereocenters. The van der Waals surface area contributed by atoms with Crippen molar-refractivity contribution in [3.8, 4) is 0 Å². The summed E-state index contributed by atoms with van der Waals surface area (Å²) in [5.41, 5.74) is 3.52. The summed E-state index contributed by atoms with van der Waals surface area (Å²) in [5.74, 6) is 3.11. The predicted molar refractivity (Wildman–Crippen MR) is 134 cm³/mol. The van der Waals surface area contributed by atoms with E-state index in [0.717, 1.165) is 83.5 Å². The van der Waals surface area contributed by atoms with E-state index in [9.17, 15) is 13.2 Å². The average Bonchev–Trinajstić information content (AvgIpc) is 3.28. The third-order valence-electron chi connectivity index (χ3n) is 9.81. The Morgan fingerprint density at radius 1 is 0.853 bits per heavy atom. The molecular weight excluding hydrogens is 448 g/mol. The summed E-state index contributed by atoms with van der Waals surface area (Å²) in [6, 6.07) is 0.304. The van der Waals surface area contributed by atoms with E-state index < -0.39 is 10.0 Å². The highest BCUT2D eigenvalue weighted by atomic mass is 32.2. The number of nitrogens with zero attached hydrogens (tertiary/aromatic N) is 3. The van der Waals surface area contributed by atoms with Gasteiger partial charge in [0, 0.05) is 45.3 Å².